The molecule has 0 aliphatic carbocycles. The van der Waals surface area contributed by atoms with Crippen LogP contribution < -0.4 is 0 Å². The van der Waals surface area contributed by atoms with Crippen molar-refractivity contribution in [3.63, 3.8) is 0 Å². The fraction of sp³-hybridized carbons (Fsp3) is 0.368. The number of rotatable bonds is 4. The van der Waals surface area contributed by atoms with Gasteiger partial charge in [0.1, 0.15) is 0 Å². The molecule has 1 aliphatic heterocycles. The minimum absolute atomic E-state index is 0. The van der Waals surface area contributed by atoms with Crippen LogP contribution in [0.4, 0.5) is 0 Å². The largest absolute Gasteiger partial charge is 0.388 e. The maximum Gasteiger partial charge on any atom is 0.0819 e. The molecular weight excluding hydrogens is 294 g/mol. The van der Waals surface area contributed by atoms with Gasteiger partial charge in [-0.25, -0.2) is 0 Å². The summed E-state index contributed by atoms with van der Waals surface area (Å²) in [5, 5.41) is 10.5. The Morgan fingerprint density at radius 2 is 1.45 bits per heavy atom. The van der Waals surface area contributed by atoms with Crippen LogP contribution >= 0.6 is 12.4 Å². The minimum Gasteiger partial charge on any atom is -0.388 e. The van der Waals surface area contributed by atoms with Crippen LogP contribution in [0, 0.1) is 5.92 Å². The normalized spacial score (nSPS) is 17.7. The van der Waals surface area contributed by atoms with Crippen molar-refractivity contribution in [1.82, 2.24) is 4.90 Å². The smallest absolute Gasteiger partial charge is 0.0819 e. The number of aliphatic hydroxyl groups excluding tert-OH is 1. The van der Waals surface area contributed by atoms with Crippen molar-refractivity contribution in [3.05, 3.63) is 71.8 Å². The molecule has 118 valence electrons. The third-order valence-electron chi connectivity index (χ3n) is 4.47. The molecule has 1 atom stereocenters. The zero-order chi connectivity index (χ0) is 14.5. The van der Waals surface area contributed by atoms with Crippen LogP contribution in [0.2, 0.25) is 0 Å². The summed E-state index contributed by atoms with van der Waals surface area (Å²) in [4.78, 5) is 2.49. The van der Waals surface area contributed by atoms with Crippen LogP contribution in [0.1, 0.15) is 30.1 Å². The Bertz CT molecular complexity index is 538. The van der Waals surface area contributed by atoms with E-state index in [1.165, 1.54) is 5.56 Å². The summed E-state index contributed by atoms with van der Waals surface area (Å²) in [6.45, 7) is 3.17. The maximum atomic E-state index is 10.5. The third kappa shape index (κ3) is 4.33. The number of likely N-dealkylation sites (tertiary alicyclic amines) is 1. The van der Waals surface area contributed by atoms with Crippen LogP contribution in [-0.4, -0.2) is 23.1 Å². The lowest BCUT2D eigenvalue weighted by Crippen LogP contribution is -2.35. The van der Waals surface area contributed by atoms with Crippen LogP contribution in [0.25, 0.3) is 0 Å². The minimum atomic E-state index is -0.315. The standard InChI is InChI=1S/C19H23NO.ClH/c21-19(17-9-5-2-6-10-17)18-11-13-20(14-12-18)15-16-7-3-1-4-8-16;/h1-10,18-19,21H,11-15H2;1H. The molecule has 0 amide bonds. The molecule has 2 aromatic carbocycles. The van der Waals surface area contributed by atoms with Gasteiger partial charge in [-0.05, 0) is 43.0 Å². The fourth-order valence-corrected chi connectivity index (χ4v) is 3.19. The molecule has 0 bridgehead atoms. The SMILES string of the molecule is Cl.OC(c1ccccc1)C1CCN(Cc2ccccc2)CC1. The molecule has 1 aliphatic rings. The van der Waals surface area contributed by atoms with E-state index < -0.39 is 0 Å². The van der Waals surface area contributed by atoms with E-state index in [9.17, 15) is 5.11 Å². The van der Waals surface area contributed by atoms with Crippen molar-refractivity contribution >= 4 is 12.4 Å². The third-order valence-corrected chi connectivity index (χ3v) is 4.47. The summed E-state index contributed by atoms with van der Waals surface area (Å²) in [6.07, 6.45) is 1.83. The van der Waals surface area contributed by atoms with Gasteiger partial charge >= 0.3 is 0 Å². The monoisotopic (exact) mass is 317 g/mol. The fourth-order valence-electron chi connectivity index (χ4n) is 3.19. The van der Waals surface area contributed by atoms with Gasteiger partial charge in [-0.1, -0.05) is 60.7 Å². The summed E-state index contributed by atoms with van der Waals surface area (Å²) in [5.41, 5.74) is 2.43. The summed E-state index contributed by atoms with van der Waals surface area (Å²) in [7, 11) is 0. The average molecular weight is 318 g/mol. The molecule has 3 rings (SSSR count). The zero-order valence-electron chi connectivity index (χ0n) is 12.8. The molecule has 0 radical (unpaired) electrons. The molecule has 0 saturated carbocycles. The number of hydrogen-bond donors (Lipinski definition) is 1. The number of aliphatic hydroxyl groups is 1. The molecular formula is C19H24ClNO. The molecule has 2 nitrogen and oxygen atoms in total. The number of nitrogens with zero attached hydrogens (tertiary/aromatic N) is 1. The van der Waals surface area contributed by atoms with Gasteiger partial charge in [-0.2, -0.15) is 0 Å². The van der Waals surface area contributed by atoms with Crippen molar-refractivity contribution in [3.8, 4) is 0 Å². The van der Waals surface area contributed by atoms with E-state index in [0.717, 1.165) is 38.0 Å². The Morgan fingerprint density at radius 1 is 0.909 bits per heavy atom. The highest BCUT2D eigenvalue weighted by molar-refractivity contribution is 5.85. The van der Waals surface area contributed by atoms with Crippen LogP contribution in [0.3, 0.4) is 0 Å². The first-order valence-electron chi connectivity index (χ1n) is 7.82. The topological polar surface area (TPSA) is 23.5 Å². The van der Waals surface area contributed by atoms with Crippen molar-refractivity contribution in [1.29, 1.82) is 0 Å². The van der Waals surface area contributed by atoms with Crippen molar-refractivity contribution < 1.29 is 5.11 Å². The molecule has 0 spiro atoms. The van der Waals surface area contributed by atoms with E-state index in [1.807, 2.05) is 30.3 Å². The zero-order valence-corrected chi connectivity index (χ0v) is 13.6. The molecule has 0 aromatic heterocycles. The van der Waals surface area contributed by atoms with Gasteiger partial charge in [0.25, 0.3) is 0 Å². The Kier molecular flexibility index (Phi) is 6.44. The first-order valence-corrected chi connectivity index (χ1v) is 7.82. The second-order valence-electron chi connectivity index (χ2n) is 5.95. The van der Waals surface area contributed by atoms with Gasteiger partial charge in [0, 0.05) is 6.54 Å². The lowest BCUT2D eigenvalue weighted by atomic mass is 9.87. The highest BCUT2D eigenvalue weighted by atomic mass is 35.5. The number of hydrogen-bond acceptors (Lipinski definition) is 2. The Hall–Kier alpha value is -1.35. The van der Waals surface area contributed by atoms with E-state index in [-0.39, 0.29) is 18.5 Å². The Morgan fingerprint density at radius 3 is 2.05 bits per heavy atom. The summed E-state index contributed by atoms with van der Waals surface area (Å²) < 4.78 is 0. The first-order chi connectivity index (χ1) is 10.3. The Balaban J connectivity index is 0.00000176. The van der Waals surface area contributed by atoms with E-state index >= 15 is 0 Å². The number of piperidine rings is 1. The van der Waals surface area contributed by atoms with Gasteiger partial charge in [-0.15, -0.1) is 12.4 Å². The second kappa shape index (κ2) is 8.33. The van der Waals surface area contributed by atoms with Gasteiger partial charge < -0.3 is 5.11 Å². The average Bonchev–Trinajstić information content (AvgIpc) is 2.57. The maximum absolute atomic E-state index is 10.5. The quantitative estimate of drug-likeness (QED) is 0.919. The van der Waals surface area contributed by atoms with E-state index in [4.69, 9.17) is 0 Å². The molecule has 1 unspecified atom stereocenters. The molecule has 1 fully saturated rings. The van der Waals surface area contributed by atoms with Gasteiger partial charge in [-0.3, -0.25) is 4.90 Å². The number of halogens is 1. The molecule has 22 heavy (non-hydrogen) atoms. The molecule has 2 aromatic rings. The highest BCUT2D eigenvalue weighted by Crippen LogP contribution is 2.30. The van der Waals surface area contributed by atoms with E-state index in [1.54, 1.807) is 0 Å². The second-order valence-corrected chi connectivity index (χ2v) is 5.95. The summed E-state index contributed by atoms with van der Waals surface area (Å²) in [5.74, 6) is 0.388. The number of benzene rings is 2. The van der Waals surface area contributed by atoms with E-state index in [0.29, 0.717) is 5.92 Å². The Labute approximate surface area is 139 Å². The molecule has 1 heterocycles. The van der Waals surface area contributed by atoms with Gasteiger partial charge in [0.15, 0.2) is 0 Å². The van der Waals surface area contributed by atoms with Crippen molar-refractivity contribution in [2.45, 2.75) is 25.5 Å². The molecule has 3 heteroatoms. The predicted molar refractivity (Wildman–Crippen MR) is 93.1 cm³/mol. The van der Waals surface area contributed by atoms with Crippen molar-refractivity contribution in [2.24, 2.45) is 5.92 Å². The van der Waals surface area contributed by atoms with Crippen LogP contribution in [0.5, 0.6) is 0 Å². The lowest BCUT2D eigenvalue weighted by Gasteiger charge is -2.34. The summed E-state index contributed by atoms with van der Waals surface area (Å²) >= 11 is 0. The van der Waals surface area contributed by atoms with E-state index in [2.05, 4.69) is 35.2 Å². The highest BCUT2D eigenvalue weighted by Gasteiger charge is 2.25. The van der Waals surface area contributed by atoms with Crippen LogP contribution in [-0.2, 0) is 6.54 Å². The molecule has 1 saturated heterocycles. The molecule has 1 N–H and O–H groups in total. The van der Waals surface area contributed by atoms with Crippen molar-refractivity contribution in [2.75, 3.05) is 13.1 Å². The van der Waals surface area contributed by atoms with Crippen LogP contribution in [0.15, 0.2) is 60.7 Å². The first kappa shape index (κ1) is 17.0. The predicted octanol–water partition coefficient (Wildman–Crippen LogP) is 4.05. The summed E-state index contributed by atoms with van der Waals surface area (Å²) in [6, 6.07) is 20.7. The van der Waals surface area contributed by atoms with Gasteiger partial charge in [0.05, 0.1) is 6.10 Å². The van der Waals surface area contributed by atoms with Gasteiger partial charge in [0.2, 0.25) is 0 Å². The lowest BCUT2D eigenvalue weighted by molar-refractivity contribution is 0.0568.